The van der Waals surface area contributed by atoms with Crippen molar-refractivity contribution in [3.8, 4) is 18.4 Å². The summed E-state index contributed by atoms with van der Waals surface area (Å²) in [6.07, 6.45) is 6.22. The second-order valence-electron chi connectivity index (χ2n) is 3.43. The van der Waals surface area contributed by atoms with Crippen LogP contribution in [0.1, 0.15) is 24.5 Å². The zero-order valence-corrected chi connectivity index (χ0v) is 9.88. The summed E-state index contributed by atoms with van der Waals surface area (Å²) in [6.45, 7) is 2.64. The van der Waals surface area contributed by atoms with Gasteiger partial charge in [0.25, 0.3) is 0 Å². The fraction of sp³-hybridized carbons (Fsp3) is 0.308. The van der Waals surface area contributed by atoms with Gasteiger partial charge in [-0.3, -0.25) is 5.32 Å². The Morgan fingerprint density at radius 2 is 2.31 bits per heavy atom. The maximum atomic E-state index is 8.70. The Hall–Kier alpha value is -1.48. The quantitative estimate of drug-likeness (QED) is 0.811. The number of nitriles is 1. The number of terminal acetylenes is 1. The smallest absolute Gasteiger partial charge is 0.0992 e. The lowest BCUT2D eigenvalue weighted by Crippen LogP contribution is -2.26. The number of hydrogen-bond donors (Lipinski definition) is 1. The number of halogens is 1. The van der Waals surface area contributed by atoms with Crippen LogP contribution in [0, 0.1) is 23.7 Å². The van der Waals surface area contributed by atoms with Gasteiger partial charge in [0.05, 0.1) is 17.7 Å². The van der Waals surface area contributed by atoms with Gasteiger partial charge in [-0.2, -0.15) is 5.26 Å². The van der Waals surface area contributed by atoms with Gasteiger partial charge < -0.3 is 0 Å². The van der Waals surface area contributed by atoms with Crippen LogP contribution in [0.25, 0.3) is 0 Å². The molecule has 0 saturated heterocycles. The van der Waals surface area contributed by atoms with Crippen LogP contribution in [0.4, 0.5) is 0 Å². The molecule has 0 aromatic heterocycles. The highest BCUT2D eigenvalue weighted by atomic mass is 35.5. The van der Waals surface area contributed by atoms with E-state index < -0.39 is 0 Å². The fourth-order valence-electron chi connectivity index (χ4n) is 1.31. The lowest BCUT2D eigenvalue weighted by atomic mass is 10.1. The van der Waals surface area contributed by atoms with Gasteiger partial charge in [-0.15, -0.1) is 6.42 Å². The maximum Gasteiger partial charge on any atom is 0.0992 e. The van der Waals surface area contributed by atoms with Gasteiger partial charge in [-0.05, 0) is 24.1 Å². The lowest BCUT2D eigenvalue weighted by molar-refractivity contribution is 0.592. The summed E-state index contributed by atoms with van der Waals surface area (Å²) in [4.78, 5) is 0. The van der Waals surface area contributed by atoms with Crippen molar-refractivity contribution in [1.29, 1.82) is 5.26 Å². The van der Waals surface area contributed by atoms with Gasteiger partial charge in [0.15, 0.2) is 0 Å². The fourth-order valence-corrected chi connectivity index (χ4v) is 1.56. The SMILES string of the molecule is C#CC(CC)NCc1ccc(C#N)cc1Cl. The van der Waals surface area contributed by atoms with Crippen LogP contribution < -0.4 is 5.32 Å². The van der Waals surface area contributed by atoms with E-state index >= 15 is 0 Å². The minimum absolute atomic E-state index is 0.0618. The largest absolute Gasteiger partial charge is 0.300 e. The molecule has 0 aliphatic rings. The predicted octanol–water partition coefficient (Wildman–Crippen LogP) is 2.71. The van der Waals surface area contributed by atoms with Crippen LogP contribution in [-0.2, 0) is 6.54 Å². The van der Waals surface area contributed by atoms with Crippen LogP contribution in [0.15, 0.2) is 18.2 Å². The molecule has 2 nitrogen and oxygen atoms in total. The van der Waals surface area contributed by atoms with E-state index in [4.69, 9.17) is 23.3 Å². The third-order valence-electron chi connectivity index (χ3n) is 2.33. The lowest BCUT2D eigenvalue weighted by Gasteiger charge is -2.11. The summed E-state index contributed by atoms with van der Waals surface area (Å²) < 4.78 is 0. The summed E-state index contributed by atoms with van der Waals surface area (Å²) in [5.74, 6) is 2.66. The Bertz CT molecular complexity index is 440. The predicted molar refractivity (Wildman–Crippen MR) is 65.9 cm³/mol. The van der Waals surface area contributed by atoms with Crippen LogP contribution in [0.5, 0.6) is 0 Å². The molecule has 0 aliphatic carbocycles. The third kappa shape index (κ3) is 3.28. The standard InChI is InChI=1S/C13H13ClN2/c1-3-12(4-2)16-9-11-6-5-10(8-15)7-13(11)14/h1,5-7,12,16H,4,9H2,2H3. The maximum absolute atomic E-state index is 8.70. The zero-order valence-electron chi connectivity index (χ0n) is 9.13. The first-order valence-electron chi connectivity index (χ1n) is 5.09. The molecule has 1 atom stereocenters. The first kappa shape index (κ1) is 12.6. The van der Waals surface area contributed by atoms with E-state index in [-0.39, 0.29) is 6.04 Å². The second-order valence-corrected chi connectivity index (χ2v) is 3.83. The van der Waals surface area contributed by atoms with E-state index in [9.17, 15) is 0 Å². The van der Waals surface area contributed by atoms with Gasteiger partial charge >= 0.3 is 0 Å². The molecule has 1 rings (SSSR count). The van der Waals surface area contributed by atoms with Crippen molar-refractivity contribution in [2.75, 3.05) is 0 Å². The van der Waals surface area contributed by atoms with Gasteiger partial charge in [0.1, 0.15) is 0 Å². The van der Waals surface area contributed by atoms with Crippen LogP contribution in [0.2, 0.25) is 5.02 Å². The van der Waals surface area contributed by atoms with Gasteiger partial charge in [0.2, 0.25) is 0 Å². The molecule has 3 heteroatoms. The monoisotopic (exact) mass is 232 g/mol. The van der Waals surface area contributed by atoms with Crippen LogP contribution in [0.3, 0.4) is 0 Å². The van der Waals surface area contributed by atoms with Gasteiger partial charge in [-0.25, -0.2) is 0 Å². The van der Waals surface area contributed by atoms with Crippen molar-refractivity contribution in [3.63, 3.8) is 0 Å². The average molecular weight is 233 g/mol. The van der Waals surface area contributed by atoms with Gasteiger partial charge in [0, 0.05) is 11.6 Å². The molecule has 0 saturated carbocycles. The number of rotatable bonds is 4. The number of hydrogen-bond acceptors (Lipinski definition) is 2. The molecule has 1 N–H and O–H groups in total. The first-order valence-corrected chi connectivity index (χ1v) is 5.47. The van der Waals surface area contributed by atoms with E-state index in [1.165, 1.54) is 0 Å². The summed E-state index contributed by atoms with van der Waals surface area (Å²) >= 11 is 6.04. The summed E-state index contributed by atoms with van der Waals surface area (Å²) in [7, 11) is 0. The highest BCUT2D eigenvalue weighted by Gasteiger charge is 2.04. The normalized spacial score (nSPS) is 11.5. The molecule has 0 spiro atoms. The second kappa shape index (κ2) is 6.18. The molecule has 0 aliphatic heterocycles. The van der Waals surface area contributed by atoms with Crippen molar-refractivity contribution < 1.29 is 0 Å². The highest BCUT2D eigenvalue weighted by molar-refractivity contribution is 6.31. The first-order chi connectivity index (χ1) is 7.71. The third-order valence-corrected chi connectivity index (χ3v) is 2.68. The average Bonchev–Trinajstić information content (AvgIpc) is 2.32. The van der Waals surface area contributed by atoms with Crippen molar-refractivity contribution >= 4 is 11.6 Å². The molecule has 1 aromatic carbocycles. The van der Waals surface area contributed by atoms with Crippen LogP contribution in [-0.4, -0.2) is 6.04 Å². The minimum atomic E-state index is 0.0618. The number of nitrogens with one attached hydrogen (secondary N) is 1. The molecule has 0 radical (unpaired) electrons. The van der Waals surface area contributed by atoms with E-state index in [2.05, 4.69) is 11.2 Å². The molecule has 1 aromatic rings. The molecule has 82 valence electrons. The molecule has 0 bridgehead atoms. The number of benzene rings is 1. The van der Waals surface area contributed by atoms with Crippen molar-refractivity contribution in [2.24, 2.45) is 0 Å². The topological polar surface area (TPSA) is 35.8 Å². The molecule has 0 amide bonds. The van der Waals surface area contributed by atoms with Crippen molar-refractivity contribution in [3.05, 3.63) is 34.3 Å². The molecular formula is C13H13ClN2. The molecule has 0 heterocycles. The number of nitrogens with zero attached hydrogens (tertiary/aromatic N) is 1. The van der Waals surface area contributed by atoms with Gasteiger partial charge in [-0.1, -0.05) is 30.5 Å². The van der Waals surface area contributed by atoms with Crippen LogP contribution >= 0.6 is 11.6 Å². The Balaban J connectivity index is 2.69. The summed E-state index contributed by atoms with van der Waals surface area (Å²) in [6, 6.07) is 7.36. The molecular weight excluding hydrogens is 220 g/mol. The van der Waals surface area contributed by atoms with E-state index in [0.717, 1.165) is 12.0 Å². The Morgan fingerprint density at radius 1 is 1.56 bits per heavy atom. The Kier molecular flexibility index (Phi) is 4.86. The molecule has 16 heavy (non-hydrogen) atoms. The van der Waals surface area contributed by atoms with Crippen molar-refractivity contribution in [2.45, 2.75) is 25.9 Å². The van der Waals surface area contributed by atoms with E-state index in [1.807, 2.05) is 19.1 Å². The molecule has 1 unspecified atom stereocenters. The zero-order chi connectivity index (χ0) is 12.0. The highest BCUT2D eigenvalue weighted by Crippen LogP contribution is 2.17. The van der Waals surface area contributed by atoms with E-state index in [0.29, 0.717) is 17.1 Å². The minimum Gasteiger partial charge on any atom is -0.300 e. The molecule has 0 fully saturated rings. The Labute approximate surface area is 101 Å². The van der Waals surface area contributed by atoms with Crippen molar-refractivity contribution in [1.82, 2.24) is 5.32 Å². The Morgan fingerprint density at radius 3 is 2.81 bits per heavy atom. The van der Waals surface area contributed by atoms with E-state index in [1.54, 1.807) is 12.1 Å². The summed E-state index contributed by atoms with van der Waals surface area (Å²) in [5, 5.41) is 12.5. The summed E-state index contributed by atoms with van der Waals surface area (Å²) in [5.41, 5.74) is 1.52.